The molecule has 0 aliphatic carbocycles. The van der Waals surface area contributed by atoms with Crippen LogP contribution in [0.2, 0.25) is 0 Å². The highest BCUT2D eigenvalue weighted by molar-refractivity contribution is 5.95. The van der Waals surface area contributed by atoms with E-state index in [0.29, 0.717) is 24.6 Å². The van der Waals surface area contributed by atoms with Crippen LogP contribution in [0.3, 0.4) is 0 Å². The number of likely N-dealkylation sites (N-methyl/N-ethyl adjacent to an activating group) is 1. The van der Waals surface area contributed by atoms with Crippen LogP contribution in [0.15, 0.2) is 42.5 Å². The molecule has 2 N–H and O–H groups in total. The number of fused-ring (bicyclic) bond motifs is 3. The average molecular weight is 536 g/mol. The van der Waals surface area contributed by atoms with Crippen molar-refractivity contribution in [1.29, 1.82) is 0 Å². The van der Waals surface area contributed by atoms with Crippen molar-refractivity contribution in [3.05, 3.63) is 59.3 Å². The van der Waals surface area contributed by atoms with Crippen LogP contribution in [0.4, 0.5) is 0 Å². The normalized spacial score (nSPS) is 20.3. The maximum absolute atomic E-state index is 13.5. The molecule has 1 aliphatic rings. The lowest BCUT2D eigenvalue weighted by Gasteiger charge is -2.23. The highest BCUT2D eigenvalue weighted by Crippen LogP contribution is 2.39. The highest BCUT2D eigenvalue weighted by atomic mass is 16.4. The number of carbonyl (C=O) groups excluding carboxylic acids is 1. The molecule has 214 valence electrons. The number of unbranched alkanes of at least 4 members (excludes halogenated alkanes) is 2. The van der Waals surface area contributed by atoms with Gasteiger partial charge in [0.05, 0.1) is 11.5 Å². The number of hydrogen-bond donors (Lipinski definition) is 2. The second kappa shape index (κ2) is 15.1. The maximum Gasteiger partial charge on any atom is 0.335 e. The lowest BCUT2D eigenvalue weighted by molar-refractivity contribution is -0.125. The van der Waals surface area contributed by atoms with E-state index in [9.17, 15) is 14.7 Å². The Morgan fingerprint density at radius 1 is 1.13 bits per heavy atom. The first kappa shape index (κ1) is 30.7. The Labute approximate surface area is 235 Å². The molecule has 2 aromatic rings. The van der Waals surface area contributed by atoms with Gasteiger partial charge in [0.2, 0.25) is 5.91 Å². The minimum atomic E-state index is -0.922. The largest absolute Gasteiger partial charge is 0.478 e. The molecule has 3 unspecified atom stereocenters. The summed E-state index contributed by atoms with van der Waals surface area (Å²) in [6.45, 7) is 8.59. The number of nitrogens with zero attached hydrogens (tertiary/aromatic N) is 2. The van der Waals surface area contributed by atoms with Gasteiger partial charge in [-0.05, 0) is 62.9 Å². The van der Waals surface area contributed by atoms with E-state index < -0.39 is 5.97 Å². The van der Waals surface area contributed by atoms with E-state index >= 15 is 0 Å². The van der Waals surface area contributed by atoms with Crippen molar-refractivity contribution in [2.45, 2.75) is 84.6 Å². The molecule has 6 heteroatoms. The SMILES string of the molecule is CCCCCC(CCC)c1c2n(c3cc(C(=O)O)ccc13)CC(C(=O)NCCN(C)C)CC(C)/C=C\C=C/C2. The second-order valence-corrected chi connectivity index (χ2v) is 11.5. The standard InChI is InChI=1S/C33H49N3O3/c1-6-8-10-15-25(13-7-2)31-28-18-17-26(33(38)39)22-30(28)36-23-27(32(37)34-19-20-35(4)5)21-24(3)14-11-9-12-16-29(31)36/h9,11-12,14,17-18,22,24-25,27H,6-8,10,13,15-16,19-21,23H2,1-5H3,(H,34,37)(H,38,39)/b12-9-,14-11-. The predicted molar refractivity (Wildman–Crippen MR) is 162 cm³/mol. The number of carboxylic acids is 1. The Morgan fingerprint density at radius 2 is 1.92 bits per heavy atom. The zero-order valence-electron chi connectivity index (χ0n) is 24.7. The van der Waals surface area contributed by atoms with Crippen LogP contribution in [0.5, 0.6) is 0 Å². The molecule has 3 atom stereocenters. The lowest BCUT2D eigenvalue weighted by Crippen LogP contribution is -2.38. The van der Waals surface area contributed by atoms with Gasteiger partial charge in [-0.25, -0.2) is 4.79 Å². The molecule has 3 rings (SSSR count). The summed E-state index contributed by atoms with van der Waals surface area (Å²) in [6, 6.07) is 5.58. The molecule has 1 aliphatic heterocycles. The third kappa shape index (κ3) is 8.31. The fourth-order valence-corrected chi connectivity index (χ4v) is 5.94. The van der Waals surface area contributed by atoms with Gasteiger partial charge in [0.15, 0.2) is 0 Å². The van der Waals surface area contributed by atoms with Gasteiger partial charge < -0.3 is 19.9 Å². The van der Waals surface area contributed by atoms with Crippen molar-refractivity contribution in [3.63, 3.8) is 0 Å². The van der Waals surface area contributed by atoms with Crippen molar-refractivity contribution in [1.82, 2.24) is 14.8 Å². The Balaban J connectivity index is 2.18. The number of nitrogens with one attached hydrogen (secondary N) is 1. The summed E-state index contributed by atoms with van der Waals surface area (Å²) in [5, 5.41) is 14.1. The van der Waals surface area contributed by atoms with E-state index in [1.807, 2.05) is 26.2 Å². The molecule has 0 bridgehead atoms. The van der Waals surface area contributed by atoms with Crippen LogP contribution in [-0.4, -0.2) is 53.6 Å². The lowest BCUT2D eigenvalue weighted by atomic mass is 9.86. The van der Waals surface area contributed by atoms with Gasteiger partial charge in [0, 0.05) is 42.7 Å². The van der Waals surface area contributed by atoms with Gasteiger partial charge >= 0.3 is 5.97 Å². The monoisotopic (exact) mass is 535 g/mol. The first-order valence-corrected chi connectivity index (χ1v) is 14.9. The van der Waals surface area contributed by atoms with Crippen LogP contribution in [0.25, 0.3) is 10.9 Å². The van der Waals surface area contributed by atoms with Crippen molar-refractivity contribution in [2.75, 3.05) is 27.2 Å². The van der Waals surface area contributed by atoms with Crippen LogP contribution in [0.1, 0.15) is 93.3 Å². The van der Waals surface area contributed by atoms with E-state index in [1.165, 1.54) is 30.5 Å². The van der Waals surface area contributed by atoms with Gasteiger partial charge in [-0.2, -0.15) is 0 Å². The van der Waals surface area contributed by atoms with Crippen molar-refractivity contribution in [2.24, 2.45) is 11.8 Å². The minimum Gasteiger partial charge on any atom is -0.478 e. The number of allylic oxidation sites excluding steroid dienone is 4. The summed E-state index contributed by atoms with van der Waals surface area (Å²) in [5.41, 5.74) is 3.82. The summed E-state index contributed by atoms with van der Waals surface area (Å²) >= 11 is 0. The Bertz CT molecular complexity index is 1160. The average Bonchev–Trinajstić information content (AvgIpc) is 3.17. The fourth-order valence-electron chi connectivity index (χ4n) is 5.94. The maximum atomic E-state index is 13.5. The number of aromatic nitrogens is 1. The number of carbonyl (C=O) groups is 2. The Kier molecular flexibility index (Phi) is 11.9. The minimum absolute atomic E-state index is 0.0705. The number of hydrogen-bond acceptors (Lipinski definition) is 3. The van der Waals surface area contributed by atoms with Crippen molar-refractivity contribution >= 4 is 22.8 Å². The first-order valence-electron chi connectivity index (χ1n) is 14.9. The van der Waals surface area contributed by atoms with Gasteiger partial charge in [-0.15, -0.1) is 0 Å². The van der Waals surface area contributed by atoms with Crippen LogP contribution in [0, 0.1) is 11.8 Å². The molecule has 0 radical (unpaired) electrons. The molecule has 1 aromatic carbocycles. The first-order chi connectivity index (χ1) is 18.8. The molecule has 0 saturated heterocycles. The number of amides is 1. The van der Waals surface area contributed by atoms with Gasteiger partial charge in [-0.1, -0.05) is 76.8 Å². The van der Waals surface area contributed by atoms with Crippen molar-refractivity contribution < 1.29 is 14.7 Å². The fraction of sp³-hybridized carbons (Fsp3) is 0.576. The van der Waals surface area contributed by atoms with E-state index in [4.69, 9.17) is 0 Å². The third-order valence-corrected chi connectivity index (χ3v) is 7.95. The second-order valence-electron chi connectivity index (χ2n) is 11.5. The molecular formula is C33H49N3O3. The molecule has 0 spiro atoms. The van der Waals surface area contributed by atoms with E-state index in [-0.39, 0.29) is 17.7 Å². The van der Waals surface area contributed by atoms with E-state index in [2.05, 4.69) is 59.9 Å². The van der Waals surface area contributed by atoms with Crippen molar-refractivity contribution in [3.8, 4) is 0 Å². The highest BCUT2D eigenvalue weighted by Gasteiger charge is 2.28. The summed E-state index contributed by atoms with van der Waals surface area (Å²) in [5.74, 6) is -0.407. The molecule has 2 heterocycles. The molecule has 1 aromatic heterocycles. The molecule has 39 heavy (non-hydrogen) atoms. The van der Waals surface area contributed by atoms with Gasteiger partial charge in [-0.3, -0.25) is 4.79 Å². The van der Waals surface area contributed by atoms with Crippen LogP contribution in [-0.2, 0) is 17.8 Å². The third-order valence-electron chi connectivity index (χ3n) is 7.95. The predicted octanol–water partition coefficient (Wildman–Crippen LogP) is 6.79. The summed E-state index contributed by atoms with van der Waals surface area (Å²) in [7, 11) is 4.01. The number of aromatic carboxylic acids is 1. The number of rotatable bonds is 12. The Hall–Kier alpha value is -2.86. The smallest absolute Gasteiger partial charge is 0.335 e. The van der Waals surface area contributed by atoms with E-state index in [1.54, 1.807) is 6.07 Å². The summed E-state index contributed by atoms with van der Waals surface area (Å²) < 4.78 is 2.29. The van der Waals surface area contributed by atoms with Gasteiger partial charge in [0.25, 0.3) is 0 Å². The van der Waals surface area contributed by atoms with Crippen LogP contribution >= 0.6 is 0 Å². The molecule has 0 fully saturated rings. The Morgan fingerprint density at radius 3 is 2.62 bits per heavy atom. The summed E-state index contributed by atoms with van der Waals surface area (Å²) in [6.07, 6.45) is 17.0. The quantitative estimate of drug-likeness (QED) is 0.293. The van der Waals surface area contributed by atoms with Crippen LogP contribution < -0.4 is 5.32 Å². The zero-order valence-corrected chi connectivity index (χ0v) is 24.7. The number of benzene rings is 1. The van der Waals surface area contributed by atoms with Gasteiger partial charge in [0.1, 0.15) is 0 Å². The molecule has 0 saturated carbocycles. The number of carboxylic acid groups (broad SMARTS) is 1. The topological polar surface area (TPSA) is 74.6 Å². The zero-order chi connectivity index (χ0) is 28.4. The van der Waals surface area contributed by atoms with E-state index in [0.717, 1.165) is 49.6 Å². The summed E-state index contributed by atoms with van der Waals surface area (Å²) in [4.78, 5) is 27.6. The molecule has 1 amide bonds. The molecule has 6 nitrogen and oxygen atoms in total. The molecular weight excluding hydrogens is 486 g/mol.